The fourth-order valence-electron chi connectivity index (χ4n) is 2.93. The Balaban J connectivity index is 1.67. The molecule has 2 amide bonds. The number of anilines is 1. The Labute approximate surface area is 135 Å². The van der Waals surface area contributed by atoms with E-state index >= 15 is 0 Å². The zero-order valence-electron chi connectivity index (χ0n) is 13.3. The first kappa shape index (κ1) is 15.8. The van der Waals surface area contributed by atoms with E-state index in [1.807, 2.05) is 25.1 Å². The molecular formula is C17H22N2O4. The number of rotatable bonds is 5. The smallest absolute Gasteiger partial charge is 0.268 e. The van der Waals surface area contributed by atoms with Crippen LogP contribution in [0.3, 0.4) is 0 Å². The lowest BCUT2D eigenvalue weighted by Gasteiger charge is -2.33. The molecule has 0 aliphatic carbocycles. The lowest BCUT2D eigenvalue weighted by atomic mass is 10.1. The summed E-state index contributed by atoms with van der Waals surface area (Å²) < 4.78 is 11.2. The first-order valence-electron chi connectivity index (χ1n) is 8.14. The third-order valence-corrected chi connectivity index (χ3v) is 4.19. The van der Waals surface area contributed by atoms with Crippen LogP contribution in [0.5, 0.6) is 5.75 Å². The predicted molar refractivity (Wildman–Crippen MR) is 85.5 cm³/mol. The SMILES string of the molecule is CC[C@@H]1Oc2ccccc2N(CC(=O)NC[C@@H]2CCCO2)C1=O. The highest BCUT2D eigenvalue weighted by molar-refractivity contribution is 6.03. The van der Waals surface area contributed by atoms with Gasteiger partial charge in [-0.1, -0.05) is 19.1 Å². The van der Waals surface area contributed by atoms with Crippen molar-refractivity contribution in [3.05, 3.63) is 24.3 Å². The van der Waals surface area contributed by atoms with Gasteiger partial charge in [-0.25, -0.2) is 0 Å². The molecule has 2 aliphatic heterocycles. The van der Waals surface area contributed by atoms with Crippen LogP contribution in [0.2, 0.25) is 0 Å². The van der Waals surface area contributed by atoms with E-state index in [2.05, 4.69) is 5.32 Å². The number of ether oxygens (including phenoxy) is 2. The summed E-state index contributed by atoms with van der Waals surface area (Å²) in [5, 5.41) is 2.86. The molecule has 0 unspecified atom stereocenters. The summed E-state index contributed by atoms with van der Waals surface area (Å²) in [6.45, 7) is 3.15. The molecule has 1 N–H and O–H groups in total. The topological polar surface area (TPSA) is 67.9 Å². The molecule has 0 aromatic heterocycles. The van der Waals surface area contributed by atoms with Crippen molar-refractivity contribution in [1.29, 1.82) is 0 Å². The number of hydrogen-bond acceptors (Lipinski definition) is 4. The molecule has 1 aromatic carbocycles. The Kier molecular flexibility index (Phi) is 4.81. The molecule has 1 fully saturated rings. The van der Waals surface area contributed by atoms with Crippen LogP contribution in [-0.4, -0.2) is 43.7 Å². The lowest BCUT2D eigenvalue weighted by molar-refractivity contribution is -0.129. The molecule has 0 bridgehead atoms. The second-order valence-corrected chi connectivity index (χ2v) is 5.85. The third kappa shape index (κ3) is 3.47. The number of fused-ring (bicyclic) bond motifs is 1. The summed E-state index contributed by atoms with van der Waals surface area (Å²) in [6.07, 6.45) is 2.14. The summed E-state index contributed by atoms with van der Waals surface area (Å²) in [5.74, 6) is 0.296. The number of hydrogen-bond donors (Lipinski definition) is 1. The first-order chi connectivity index (χ1) is 11.2. The number of nitrogens with one attached hydrogen (secondary N) is 1. The molecule has 1 saturated heterocycles. The average molecular weight is 318 g/mol. The standard InChI is InChI=1S/C17H22N2O4/c1-2-14-17(21)19(13-7-3-4-8-15(13)23-14)11-16(20)18-10-12-6-5-9-22-12/h3-4,7-8,12,14H,2,5-6,9-11H2,1H3,(H,18,20)/t12-,14-/m0/s1. The highest BCUT2D eigenvalue weighted by Crippen LogP contribution is 2.34. The van der Waals surface area contributed by atoms with Crippen LogP contribution in [0.4, 0.5) is 5.69 Å². The minimum absolute atomic E-state index is 0.00241. The van der Waals surface area contributed by atoms with Crippen LogP contribution in [0, 0.1) is 0 Å². The summed E-state index contributed by atoms with van der Waals surface area (Å²) in [5.41, 5.74) is 0.648. The Morgan fingerprint density at radius 2 is 2.22 bits per heavy atom. The van der Waals surface area contributed by atoms with Gasteiger partial charge < -0.3 is 14.8 Å². The van der Waals surface area contributed by atoms with Crippen LogP contribution in [-0.2, 0) is 14.3 Å². The molecule has 23 heavy (non-hydrogen) atoms. The van der Waals surface area contributed by atoms with E-state index in [9.17, 15) is 9.59 Å². The van der Waals surface area contributed by atoms with E-state index in [0.717, 1.165) is 19.4 Å². The number of amides is 2. The van der Waals surface area contributed by atoms with Crippen molar-refractivity contribution in [2.75, 3.05) is 24.6 Å². The summed E-state index contributed by atoms with van der Waals surface area (Å²) in [4.78, 5) is 26.2. The van der Waals surface area contributed by atoms with E-state index in [0.29, 0.717) is 24.4 Å². The highest BCUT2D eigenvalue weighted by Gasteiger charge is 2.34. The largest absolute Gasteiger partial charge is 0.478 e. The zero-order chi connectivity index (χ0) is 16.2. The second-order valence-electron chi connectivity index (χ2n) is 5.85. The molecule has 1 aromatic rings. The molecular weight excluding hydrogens is 296 g/mol. The molecule has 2 aliphatic rings. The summed E-state index contributed by atoms with van der Waals surface area (Å²) in [7, 11) is 0. The maximum absolute atomic E-state index is 12.5. The minimum Gasteiger partial charge on any atom is -0.478 e. The Morgan fingerprint density at radius 1 is 1.39 bits per heavy atom. The van der Waals surface area contributed by atoms with Crippen LogP contribution in [0.1, 0.15) is 26.2 Å². The van der Waals surface area contributed by atoms with Crippen molar-refractivity contribution < 1.29 is 19.1 Å². The number of carbonyl (C=O) groups is 2. The van der Waals surface area contributed by atoms with Crippen molar-refractivity contribution in [1.82, 2.24) is 5.32 Å². The Morgan fingerprint density at radius 3 is 2.96 bits per heavy atom. The molecule has 0 radical (unpaired) electrons. The lowest BCUT2D eigenvalue weighted by Crippen LogP contribution is -2.50. The number of para-hydroxylation sites is 2. The van der Waals surface area contributed by atoms with Gasteiger partial charge in [0.2, 0.25) is 5.91 Å². The molecule has 6 heteroatoms. The fraction of sp³-hybridized carbons (Fsp3) is 0.529. The number of carbonyl (C=O) groups excluding carboxylic acids is 2. The Bertz CT molecular complexity index is 584. The number of benzene rings is 1. The molecule has 2 atom stereocenters. The summed E-state index contributed by atoms with van der Waals surface area (Å²) in [6, 6.07) is 7.31. The van der Waals surface area contributed by atoms with Gasteiger partial charge in [0.15, 0.2) is 6.10 Å². The van der Waals surface area contributed by atoms with Gasteiger partial charge in [0.1, 0.15) is 12.3 Å². The van der Waals surface area contributed by atoms with E-state index in [-0.39, 0.29) is 24.5 Å². The van der Waals surface area contributed by atoms with Gasteiger partial charge in [-0.05, 0) is 31.4 Å². The minimum atomic E-state index is -0.532. The van der Waals surface area contributed by atoms with E-state index in [1.54, 1.807) is 6.07 Å². The molecule has 2 heterocycles. The Hall–Kier alpha value is -2.08. The first-order valence-corrected chi connectivity index (χ1v) is 8.14. The maximum atomic E-state index is 12.5. The van der Waals surface area contributed by atoms with Crippen LogP contribution in [0.25, 0.3) is 0 Å². The number of nitrogens with zero attached hydrogens (tertiary/aromatic N) is 1. The average Bonchev–Trinajstić information content (AvgIpc) is 3.09. The van der Waals surface area contributed by atoms with Gasteiger partial charge >= 0.3 is 0 Å². The van der Waals surface area contributed by atoms with Crippen LogP contribution in [0.15, 0.2) is 24.3 Å². The van der Waals surface area contributed by atoms with E-state index < -0.39 is 6.10 Å². The molecule has 0 spiro atoms. The van der Waals surface area contributed by atoms with Crippen LogP contribution < -0.4 is 15.0 Å². The van der Waals surface area contributed by atoms with Crippen molar-refractivity contribution in [3.63, 3.8) is 0 Å². The molecule has 6 nitrogen and oxygen atoms in total. The highest BCUT2D eigenvalue weighted by atomic mass is 16.5. The quantitative estimate of drug-likeness (QED) is 0.893. The molecule has 124 valence electrons. The van der Waals surface area contributed by atoms with Gasteiger partial charge in [0.25, 0.3) is 5.91 Å². The zero-order valence-corrected chi connectivity index (χ0v) is 13.3. The van der Waals surface area contributed by atoms with Gasteiger partial charge in [0, 0.05) is 13.2 Å². The fourth-order valence-corrected chi connectivity index (χ4v) is 2.93. The van der Waals surface area contributed by atoms with Gasteiger partial charge in [-0.2, -0.15) is 0 Å². The van der Waals surface area contributed by atoms with E-state index in [4.69, 9.17) is 9.47 Å². The summed E-state index contributed by atoms with van der Waals surface area (Å²) >= 11 is 0. The van der Waals surface area contributed by atoms with Gasteiger partial charge in [-0.15, -0.1) is 0 Å². The molecule has 0 saturated carbocycles. The monoisotopic (exact) mass is 318 g/mol. The third-order valence-electron chi connectivity index (χ3n) is 4.19. The van der Waals surface area contributed by atoms with Crippen molar-refractivity contribution in [2.45, 2.75) is 38.4 Å². The van der Waals surface area contributed by atoms with Crippen molar-refractivity contribution in [3.8, 4) is 5.75 Å². The second kappa shape index (κ2) is 7.00. The van der Waals surface area contributed by atoms with Crippen molar-refractivity contribution >= 4 is 17.5 Å². The van der Waals surface area contributed by atoms with Gasteiger partial charge in [-0.3, -0.25) is 14.5 Å². The van der Waals surface area contributed by atoms with Crippen LogP contribution >= 0.6 is 0 Å². The predicted octanol–water partition coefficient (Wildman–Crippen LogP) is 1.49. The maximum Gasteiger partial charge on any atom is 0.268 e. The van der Waals surface area contributed by atoms with Crippen molar-refractivity contribution in [2.24, 2.45) is 0 Å². The molecule has 3 rings (SSSR count). The van der Waals surface area contributed by atoms with E-state index in [1.165, 1.54) is 4.90 Å². The normalized spacial score (nSPS) is 23.3. The van der Waals surface area contributed by atoms with Gasteiger partial charge in [0.05, 0.1) is 11.8 Å².